The summed E-state index contributed by atoms with van der Waals surface area (Å²) in [6.07, 6.45) is 24.5. The van der Waals surface area contributed by atoms with Crippen molar-refractivity contribution in [2.75, 3.05) is 0 Å². The van der Waals surface area contributed by atoms with Crippen LogP contribution in [0, 0.1) is 11.8 Å². The van der Waals surface area contributed by atoms with Crippen LogP contribution >= 0.6 is 0 Å². The van der Waals surface area contributed by atoms with E-state index in [1.807, 2.05) is 0 Å². The summed E-state index contributed by atoms with van der Waals surface area (Å²) in [4.78, 5) is 0. The van der Waals surface area contributed by atoms with Crippen LogP contribution in [0.5, 0.6) is 0 Å². The van der Waals surface area contributed by atoms with Gasteiger partial charge in [0.25, 0.3) is 0 Å². The Labute approximate surface area is 244 Å². The Bertz CT molecular complexity index is 1100. The standard InChI is InChI=1S/C38H52N2/c1-3-5-7-9-11-13-15-29-23-31-17-19-33(27-35(31)25-29)37-21-22-38(40-39-37)34-20-18-32-24-30(26-36(32)28-34)16-14-12-10-8-6-4-2/h17-22,27-30H,3-16,23-26H2,1-2H3. The summed E-state index contributed by atoms with van der Waals surface area (Å²) in [5, 5.41) is 9.37. The van der Waals surface area contributed by atoms with E-state index in [0.717, 1.165) is 23.2 Å². The fraction of sp³-hybridized carbons (Fsp3) is 0.579. The lowest BCUT2D eigenvalue weighted by molar-refractivity contribution is 0.469. The number of fused-ring (bicyclic) bond motifs is 2. The van der Waals surface area contributed by atoms with Crippen molar-refractivity contribution >= 4 is 0 Å². The molecule has 2 nitrogen and oxygen atoms in total. The molecule has 0 bridgehead atoms. The maximum Gasteiger partial charge on any atom is 0.0930 e. The SMILES string of the molecule is CCCCCCCCC1Cc2ccc(-c3ccc(-c4ccc5c(c4)CC(CCCCCCCC)C5)nn3)cc2C1. The summed E-state index contributed by atoms with van der Waals surface area (Å²) < 4.78 is 0. The van der Waals surface area contributed by atoms with Gasteiger partial charge in [0, 0.05) is 11.1 Å². The van der Waals surface area contributed by atoms with Crippen LogP contribution in [0.15, 0.2) is 48.5 Å². The largest absolute Gasteiger partial charge is 0.150 e. The van der Waals surface area contributed by atoms with Crippen LogP contribution in [0.4, 0.5) is 0 Å². The fourth-order valence-corrected chi connectivity index (χ4v) is 7.21. The lowest BCUT2D eigenvalue weighted by Crippen LogP contribution is -1.99. The van der Waals surface area contributed by atoms with Crippen molar-refractivity contribution in [3.05, 3.63) is 70.8 Å². The molecule has 2 atom stereocenters. The normalized spacial score (nSPS) is 17.8. The highest BCUT2D eigenvalue weighted by atomic mass is 15.1. The number of nitrogens with zero attached hydrogens (tertiary/aromatic N) is 2. The highest BCUT2D eigenvalue weighted by molar-refractivity contribution is 5.66. The first kappa shape index (κ1) is 29.0. The predicted molar refractivity (Wildman–Crippen MR) is 171 cm³/mol. The summed E-state index contributed by atoms with van der Waals surface area (Å²) in [6, 6.07) is 18.3. The average Bonchev–Trinajstić information content (AvgIpc) is 3.59. The highest BCUT2D eigenvalue weighted by Crippen LogP contribution is 2.35. The molecule has 0 fully saturated rings. The quantitative estimate of drug-likeness (QED) is 0.170. The van der Waals surface area contributed by atoms with Crippen LogP contribution < -0.4 is 0 Å². The lowest BCUT2D eigenvalue weighted by Gasteiger charge is -2.08. The van der Waals surface area contributed by atoms with E-state index in [-0.39, 0.29) is 0 Å². The number of aromatic nitrogens is 2. The van der Waals surface area contributed by atoms with E-state index in [2.05, 4.69) is 72.6 Å². The molecular weight excluding hydrogens is 484 g/mol. The Kier molecular flexibility index (Phi) is 10.8. The van der Waals surface area contributed by atoms with Gasteiger partial charge in [0.1, 0.15) is 0 Å². The molecule has 2 aliphatic carbocycles. The molecular formula is C38H52N2. The Morgan fingerprint density at radius 3 is 1.30 bits per heavy atom. The van der Waals surface area contributed by atoms with Gasteiger partial charge in [0.2, 0.25) is 0 Å². The number of unbranched alkanes of at least 4 members (excludes halogenated alkanes) is 10. The monoisotopic (exact) mass is 536 g/mol. The van der Waals surface area contributed by atoms with Crippen LogP contribution in [0.3, 0.4) is 0 Å². The van der Waals surface area contributed by atoms with Gasteiger partial charge in [0.15, 0.2) is 0 Å². The molecule has 3 aromatic rings. The van der Waals surface area contributed by atoms with Gasteiger partial charge in [0.05, 0.1) is 11.4 Å². The van der Waals surface area contributed by atoms with E-state index >= 15 is 0 Å². The fourth-order valence-electron chi connectivity index (χ4n) is 7.21. The van der Waals surface area contributed by atoms with Gasteiger partial charge in [-0.25, -0.2) is 0 Å². The van der Waals surface area contributed by atoms with Crippen LogP contribution in [-0.2, 0) is 25.7 Å². The van der Waals surface area contributed by atoms with Crippen LogP contribution in [0.25, 0.3) is 22.5 Å². The van der Waals surface area contributed by atoms with E-state index in [0.29, 0.717) is 0 Å². The van der Waals surface area contributed by atoms with E-state index in [4.69, 9.17) is 0 Å². The minimum absolute atomic E-state index is 0.829. The van der Waals surface area contributed by atoms with Gasteiger partial charge in [-0.15, -0.1) is 10.2 Å². The minimum Gasteiger partial charge on any atom is -0.150 e. The average molecular weight is 537 g/mol. The van der Waals surface area contributed by atoms with Gasteiger partial charge < -0.3 is 0 Å². The van der Waals surface area contributed by atoms with Crippen molar-refractivity contribution in [3.8, 4) is 22.5 Å². The maximum atomic E-state index is 4.68. The zero-order valence-corrected chi connectivity index (χ0v) is 25.4. The van der Waals surface area contributed by atoms with Crippen LogP contribution in [0.2, 0.25) is 0 Å². The highest BCUT2D eigenvalue weighted by Gasteiger charge is 2.23. The van der Waals surface area contributed by atoms with Gasteiger partial charge in [-0.2, -0.15) is 0 Å². The van der Waals surface area contributed by atoms with Crippen molar-refractivity contribution in [1.82, 2.24) is 10.2 Å². The van der Waals surface area contributed by atoms with Crippen molar-refractivity contribution in [3.63, 3.8) is 0 Å². The number of hydrogen-bond acceptors (Lipinski definition) is 2. The number of rotatable bonds is 16. The molecule has 0 radical (unpaired) electrons. The Hall–Kier alpha value is -2.48. The molecule has 0 aliphatic heterocycles. The van der Waals surface area contributed by atoms with Crippen molar-refractivity contribution in [1.29, 1.82) is 0 Å². The molecule has 1 heterocycles. The summed E-state index contributed by atoms with van der Waals surface area (Å²) in [5.41, 5.74) is 10.6. The molecule has 0 amide bonds. The molecule has 2 unspecified atom stereocenters. The minimum atomic E-state index is 0.829. The predicted octanol–water partition coefficient (Wildman–Crippen LogP) is 10.7. The lowest BCUT2D eigenvalue weighted by atomic mass is 9.97. The first-order chi connectivity index (χ1) is 19.7. The number of hydrogen-bond donors (Lipinski definition) is 0. The number of benzene rings is 2. The van der Waals surface area contributed by atoms with Gasteiger partial charge in [-0.05, 0) is 96.9 Å². The zero-order chi connectivity index (χ0) is 27.6. The summed E-state index contributed by atoms with van der Waals surface area (Å²) in [7, 11) is 0. The van der Waals surface area contributed by atoms with Crippen molar-refractivity contribution in [2.24, 2.45) is 11.8 Å². The van der Waals surface area contributed by atoms with Crippen molar-refractivity contribution in [2.45, 2.75) is 129 Å². The van der Waals surface area contributed by atoms with E-state index in [1.54, 1.807) is 11.1 Å². The van der Waals surface area contributed by atoms with Gasteiger partial charge >= 0.3 is 0 Å². The molecule has 5 rings (SSSR count). The van der Waals surface area contributed by atoms with Gasteiger partial charge in [-0.3, -0.25) is 0 Å². The summed E-state index contributed by atoms with van der Waals surface area (Å²) >= 11 is 0. The topological polar surface area (TPSA) is 25.8 Å². The van der Waals surface area contributed by atoms with E-state index in [1.165, 1.54) is 138 Å². The van der Waals surface area contributed by atoms with Crippen LogP contribution in [0.1, 0.15) is 126 Å². The molecule has 2 heteroatoms. The Morgan fingerprint density at radius 2 is 0.875 bits per heavy atom. The molecule has 2 aromatic carbocycles. The van der Waals surface area contributed by atoms with E-state index in [9.17, 15) is 0 Å². The molecule has 40 heavy (non-hydrogen) atoms. The molecule has 1 aromatic heterocycles. The zero-order valence-electron chi connectivity index (χ0n) is 25.4. The maximum absolute atomic E-state index is 4.68. The summed E-state index contributed by atoms with van der Waals surface area (Å²) in [5.74, 6) is 1.66. The Morgan fingerprint density at radius 1 is 0.475 bits per heavy atom. The van der Waals surface area contributed by atoms with E-state index < -0.39 is 0 Å². The third kappa shape index (κ3) is 7.83. The molecule has 0 saturated heterocycles. The summed E-state index contributed by atoms with van der Waals surface area (Å²) in [6.45, 7) is 4.59. The first-order valence-electron chi connectivity index (χ1n) is 16.8. The molecule has 0 saturated carbocycles. The van der Waals surface area contributed by atoms with Crippen molar-refractivity contribution < 1.29 is 0 Å². The first-order valence-corrected chi connectivity index (χ1v) is 16.8. The molecule has 0 spiro atoms. The second-order valence-corrected chi connectivity index (χ2v) is 12.9. The third-order valence-corrected chi connectivity index (χ3v) is 9.63. The second-order valence-electron chi connectivity index (χ2n) is 12.9. The molecule has 214 valence electrons. The Balaban J connectivity index is 1.12. The second kappa shape index (κ2) is 14.9. The third-order valence-electron chi connectivity index (χ3n) is 9.63. The smallest absolute Gasteiger partial charge is 0.0930 e. The molecule has 0 N–H and O–H groups in total. The van der Waals surface area contributed by atoms with Crippen LogP contribution in [-0.4, -0.2) is 10.2 Å². The molecule has 2 aliphatic rings. The van der Waals surface area contributed by atoms with Gasteiger partial charge in [-0.1, -0.05) is 115 Å².